The summed E-state index contributed by atoms with van der Waals surface area (Å²) in [6.45, 7) is 12.8. The van der Waals surface area contributed by atoms with Gasteiger partial charge in [-0.25, -0.2) is 0 Å². The SMILES string of the molecule is CC(C)NC1CCCN(CC(C)(C)N(C)C)C1. The standard InChI is InChI=1S/C14H31N3/c1-12(2)15-13-8-7-9-17(10-13)11-14(3,4)16(5)6/h12-13,15H,7-11H2,1-6H3. The first-order chi connectivity index (χ1) is 7.81. The zero-order valence-corrected chi connectivity index (χ0v) is 12.6. The van der Waals surface area contributed by atoms with E-state index in [0.717, 1.165) is 6.54 Å². The van der Waals surface area contributed by atoms with Crippen molar-refractivity contribution in [3.63, 3.8) is 0 Å². The van der Waals surface area contributed by atoms with Gasteiger partial charge in [0.25, 0.3) is 0 Å². The van der Waals surface area contributed by atoms with Crippen molar-refractivity contribution >= 4 is 0 Å². The summed E-state index contributed by atoms with van der Waals surface area (Å²) in [5.41, 5.74) is 0.264. The summed E-state index contributed by atoms with van der Waals surface area (Å²) >= 11 is 0. The number of piperidine rings is 1. The van der Waals surface area contributed by atoms with Crippen LogP contribution in [-0.2, 0) is 0 Å². The molecule has 3 nitrogen and oxygen atoms in total. The average molecular weight is 241 g/mol. The van der Waals surface area contributed by atoms with Gasteiger partial charge in [-0.2, -0.15) is 0 Å². The van der Waals surface area contributed by atoms with Crippen LogP contribution in [0.2, 0.25) is 0 Å². The highest BCUT2D eigenvalue weighted by atomic mass is 15.2. The largest absolute Gasteiger partial charge is 0.311 e. The Hall–Kier alpha value is -0.120. The number of likely N-dealkylation sites (N-methyl/N-ethyl adjacent to an activating group) is 1. The zero-order valence-electron chi connectivity index (χ0n) is 12.6. The van der Waals surface area contributed by atoms with Crippen LogP contribution in [0.5, 0.6) is 0 Å². The van der Waals surface area contributed by atoms with Crippen molar-refractivity contribution in [2.24, 2.45) is 0 Å². The molecule has 1 heterocycles. The van der Waals surface area contributed by atoms with Gasteiger partial charge < -0.3 is 10.2 Å². The Balaban J connectivity index is 2.44. The summed E-state index contributed by atoms with van der Waals surface area (Å²) in [7, 11) is 4.35. The van der Waals surface area contributed by atoms with Gasteiger partial charge in [-0.3, -0.25) is 4.90 Å². The summed E-state index contributed by atoms with van der Waals surface area (Å²) in [6, 6.07) is 1.28. The number of hydrogen-bond acceptors (Lipinski definition) is 3. The second-order valence-corrected chi connectivity index (χ2v) is 6.60. The van der Waals surface area contributed by atoms with E-state index in [9.17, 15) is 0 Å². The number of nitrogens with zero attached hydrogens (tertiary/aromatic N) is 2. The van der Waals surface area contributed by atoms with Gasteiger partial charge in [-0.15, -0.1) is 0 Å². The van der Waals surface area contributed by atoms with Gasteiger partial charge >= 0.3 is 0 Å². The predicted molar refractivity (Wildman–Crippen MR) is 75.5 cm³/mol. The molecule has 1 rings (SSSR count). The number of rotatable bonds is 5. The number of nitrogens with one attached hydrogen (secondary N) is 1. The molecule has 0 saturated carbocycles. The summed E-state index contributed by atoms with van der Waals surface area (Å²) in [5, 5.41) is 3.67. The topological polar surface area (TPSA) is 18.5 Å². The Bertz CT molecular complexity index is 224. The van der Waals surface area contributed by atoms with Gasteiger partial charge in [0.1, 0.15) is 0 Å². The Morgan fingerprint density at radius 3 is 2.53 bits per heavy atom. The summed E-state index contributed by atoms with van der Waals surface area (Å²) < 4.78 is 0. The molecular weight excluding hydrogens is 210 g/mol. The lowest BCUT2D eigenvalue weighted by molar-refractivity contribution is 0.0930. The third-order valence-corrected chi connectivity index (χ3v) is 3.90. The molecule has 0 aromatic heterocycles. The van der Waals surface area contributed by atoms with Gasteiger partial charge in [-0.1, -0.05) is 13.8 Å². The van der Waals surface area contributed by atoms with Crippen molar-refractivity contribution in [1.82, 2.24) is 15.1 Å². The van der Waals surface area contributed by atoms with Gasteiger partial charge in [0.05, 0.1) is 0 Å². The summed E-state index contributed by atoms with van der Waals surface area (Å²) in [5.74, 6) is 0. The number of hydrogen-bond donors (Lipinski definition) is 1. The lowest BCUT2D eigenvalue weighted by Gasteiger charge is -2.41. The van der Waals surface area contributed by atoms with E-state index in [1.165, 1.54) is 25.9 Å². The van der Waals surface area contributed by atoms with Crippen LogP contribution in [0.4, 0.5) is 0 Å². The maximum atomic E-state index is 3.67. The molecule has 102 valence electrons. The highest BCUT2D eigenvalue weighted by molar-refractivity contribution is 4.86. The summed E-state index contributed by atoms with van der Waals surface area (Å²) in [4.78, 5) is 4.94. The third-order valence-electron chi connectivity index (χ3n) is 3.90. The third kappa shape index (κ3) is 4.94. The molecule has 0 amide bonds. The normalized spacial score (nSPS) is 23.6. The molecule has 3 heteroatoms. The molecule has 1 aliphatic heterocycles. The fourth-order valence-electron chi connectivity index (χ4n) is 2.50. The van der Waals surface area contributed by atoms with Crippen LogP contribution in [0.25, 0.3) is 0 Å². The molecule has 1 saturated heterocycles. The van der Waals surface area contributed by atoms with Crippen LogP contribution >= 0.6 is 0 Å². The van der Waals surface area contributed by atoms with Crippen molar-refractivity contribution < 1.29 is 0 Å². The number of likely N-dealkylation sites (tertiary alicyclic amines) is 1. The first-order valence-electron chi connectivity index (χ1n) is 6.97. The van der Waals surface area contributed by atoms with Gasteiger partial charge in [0.2, 0.25) is 0 Å². The van der Waals surface area contributed by atoms with E-state index in [0.29, 0.717) is 12.1 Å². The second-order valence-electron chi connectivity index (χ2n) is 6.60. The average Bonchev–Trinajstić information content (AvgIpc) is 2.15. The maximum Gasteiger partial charge on any atom is 0.0274 e. The van der Waals surface area contributed by atoms with Crippen LogP contribution in [0.3, 0.4) is 0 Å². The van der Waals surface area contributed by atoms with Gasteiger partial charge in [0.15, 0.2) is 0 Å². The molecule has 0 radical (unpaired) electrons. The summed E-state index contributed by atoms with van der Waals surface area (Å²) in [6.07, 6.45) is 2.66. The van der Waals surface area contributed by atoms with Gasteiger partial charge in [0, 0.05) is 30.7 Å². The van der Waals surface area contributed by atoms with E-state index in [1.807, 2.05) is 0 Å². The smallest absolute Gasteiger partial charge is 0.0274 e. The van der Waals surface area contributed by atoms with Crippen LogP contribution in [0.1, 0.15) is 40.5 Å². The molecule has 0 bridgehead atoms. The van der Waals surface area contributed by atoms with Crippen molar-refractivity contribution in [2.75, 3.05) is 33.7 Å². The van der Waals surface area contributed by atoms with Crippen LogP contribution in [0, 0.1) is 0 Å². The minimum atomic E-state index is 0.264. The van der Waals surface area contributed by atoms with E-state index in [2.05, 4.69) is 56.9 Å². The Morgan fingerprint density at radius 1 is 1.35 bits per heavy atom. The molecule has 1 aliphatic rings. The highest BCUT2D eigenvalue weighted by Crippen LogP contribution is 2.17. The molecule has 1 atom stereocenters. The lowest BCUT2D eigenvalue weighted by atomic mass is 9.99. The Labute approximate surface area is 108 Å². The fraction of sp³-hybridized carbons (Fsp3) is 1.00. The minimum absolute atomic E-state index is 0.264. The van der Waals surface area contributed by atoms with Crippen LogP contribution in [-0.4, -0.2) is 61.2 Å². The van der Waals surface area contributed by atoms with E-state index >= 15 is 0 Å². The maximum absolute atomic E-state index is 3.67. The van der Waals surface area contributed by atoms with Crippen LogP contribution in [0.15, 0.2) is 0 Å². The first kappa shape index (κ1) is 14.9. The fourth-order valence-corrected chi connectivity index (χ4v) is 2.50. The highest BCUT2D eigenvalue weighted by Gasteiger charge is 2.27. The van der Waals surface area contributed by atoms with Crippen molar-refractivity contribution in [2.45, 2.75) is 58.2 Å². The minimum Gasteiger partial charge on any atom is -0.311 e. The first-order valence-corrected chi connectivity index (χ1v) is 6.97. The Kier molecular flexibility index (Phi) is 5.42. The molecule has 0 spiro atoms. The molecular formula is C14H31N3. The van der Waals surface area contributed by atoms with E-state index in [1.54, 1.807) is 0 Å². The molecule has 17 heavy (non-hydrogen) atoms. The van der Waals surface area contributed by atoms with Crippen molar-refractivity contribution in [3.8, 4) is 0 Å². The van der Waals surface area contributed by atoms with E-state index in [-0.39, 0.29) is 5.54 Å². The van der Waals surface area contributed by atoms with Crippen molar-refractivity contribution in [3.05, 3.63) is 0 Å². The predicted octanol–water partition coefficient (Wildman–Crippen LogP) is 1.79. The lowest BCUT2D eigenvalue weighted by Crippen LogP contribution is -2.54. The van der Waals surface area contributed by atoms with E-state index in [4.69, 9.17) is 0 Å². The second kappa shape index (κ2) is 6.17. The van der Waals surface area contributed by atoms with Crippen molar-refractivity contribution in [1.29, 1.82) is 0 Å². The molecule has 1 unspecified atom stereocenters. The zero-order chi connectivity index (χ0) is 13.1. The molecule has 0 aromatic carbocycles. The van der Waals surface area contributed by atoms with Gasteiger partial charge in [-0.05, 0) is 47.3 Å². The quantitative estimate of drug-likeness (QED) is 0.792. The molecule has 0 aliphatic carbocycles. The molecule has 0 aromatic rings. The Morgan fingerprint density at radius 2 is 2.00 bits per heavy atom. The van der Waals surface area contributed by atoms with Crippen LogP contribution < -0.4 is 5.32 Å². The molecule has 1 fully saturated rings. The van der Waals surface area contributed by atoms with E-state index < -0.39 is 0 Å². The molecule has 1 N–H and O–H groups in total. The monoisotopic (exact) mass is 241 g/mol.